The number of ether oxygens (including phenoxy) is 1. The van der Waals surface area contributed by atoms with E-state index in [-0.39, 0.29) is 23.7 Å². The molecule has 3 aromatic rings. The number of aryl methyl sites for hydroxylation is 3. The maximum atomic E-state index is 11.6. The third-order valence-electron chi connectivity index (χ3n) is 7.97. The molecule has 2 aliphatic carbocycles. The minimum absolute atomic E-state index is 0.00108. The molecule has 5 rings (SSSR count). The maximum absolute atomic E-state index is 11.6. The molecule has 0 atom stereocenters. The highest BCUT2D eigenvalue weighted by atomic mass is 16.5. The van der Waals surface area contributed by atoms with Gasteiger partial charge in [0.05, 0.1) is 11.3 Å². The third-order valence-corrected chi connectivity index (χ3v) is 7.97. The fraction of sp³-hybridized carbons (Fsp3) is 0.344. The molecule has 196 valence electrons. The molecule has 0 aliphatic heterocycles. The number of rotatable bonds is 10. The van der Waals surface area contributed by atoms with Crippen molar-refractivity contribution in [2.75, 3.05) is 6.61 Å². The van der Waals surface area contributed by atoms with Crippen LogP contribution >= 0.6 is 0 Å². The predicted octanol–water partition coefficient (Wildman–Crippen LogP) is 6.05. The van der Waals surface area contributed by atoms with Crippen LogP contribution in [0.4, 0.5) is 0 Å². The molecule has 0 radical (unpaired) electrons. The zero-order chi connectivity index (χ0) is 27.0. The number of hydrogen-bond donors (Lipinski definition) is 3. The minimum Gasteiger partial charge on any atom is -0.512 e. The SMILES string of the molecule is Cc1ccccc1C(=N)/C(COc1ccc(C)c(CC2(c3ccc(C(N)=O)cc3C)CC2)n1)=C(\O)C1CC1. The average molecular weight is 510 g/mol. The van der Waals surface area contributed by atoms with Crippen LogP contribution in [0, 0.1) is 32.1 Å². The van der Waals surface area contributed by atoms with E-state index < -0.39 is 5.91 Å². The van der Waals surface area contributed by atoms with Crippen LogP contribution in [0.2, 0.25) is 0 Å². The number of nitrogens with one attached hydrogen (secondary N) is 1. The first kappa shape index (κ1) is 25.7. The number of carbonyl (C=O) groups is 1. The fourth-order valence-corrected chi connectivity index (χ4v) is 5.27. The van der Waals surface area contributed by atoms with Crippen molar-refractivity contribution in [1.29, 1.82) is 5.41 Å². The number of aliphatic hydroxyl groups excluding tert-OH is 1. The first-order chi connectivity index (χ1) is 18.2. The lowest BCUT2D eigenvalue weighted by molar-refractivity contribution is 0.1000. The summed E-state index contributed by atoms with van der Waals surface area (Å²) < 4.78 is 6.13. The van der Waals surface area contributed by atoms with Gasteiger partial charge in [0.1, 0.15) is 12.4 Å². The van der Waals surface area contributed by atoms with Crippen molar-refractivity contribution in [3.8, 4) is 5.88 Å². The number of aromatic nitrogens is 1. The number of aliphatic hydroxyl groups is 1. The number of nitrogens with two attached hydrogens (primary N) is 1. The Kier molecular flexibility index (Phi) is 6.82. The predicted molar refractivity (Wildman–Crippen MR) is 149 cm³/mol. The summed E-state index contributed by atoms with van der Waals surface area (Å²) in [5, 5.41) is 19.8. The largest absolute Gasteiger partial charge is 0.512 e. The molecule has 2 fully saturated rings. The van der Waals surface area contributed by atoms with E-state index in [1.165, 1.54) is 5.56 Å². The molecule has 4 N–H and O–H groups in total. The van der Waals surface area contributed by atoms with E-state index in [2.05, 4.69) is 6.92 Å². The molecular formula is C32H35N3O3. The van der Waals surface area contributed by atoms with Crippen LogP contribution in [0.25, 0.3) is 0 Å². The number of benzene rings is 2. The molecule has 6 heteroatoms. The molecule has 1 heterocycles. The summed E-state index contributed by atoms with van der Waals surface area (Å²) >= 11 is 0. The van der Waals surface area contributed by atoms with Crippen molar-refractivity contribution in [2.45, 2.75) is 58.3 Å². The van der Waals surface area contributed by atoms with Crippen LogP contribution in [-0.4, -0.2) is 28.3 Å². The van der Waals surface area contributed by atoms with Crippen LogP contribution in [0.15, 0.2) is 65.9 Å². The number of carbonyl (C=O) groups excluding carboxylic acids is 1. The Labute approximate surface area is 224 Å². The van der Waals surface area contributed by atoms with Gasteiger partial charge in [0.25, 0.3) is 0 Å². The summed E-state index contributed by atoms with van der Waals surface area (Å²) in [4.78, 5) is 16.5. The van der Waals surface area contributed by atoms with Gasteiger partial charge in [0.2, 0.25) is 11.8 Å². The van der Waals surface area contributed by atoms with Gasteiger partial charge in [-0.1, -0.05) is 36.4 Å². The van der Waals surface area contributed by atoms with Crippen LogP contribution in [0.5, 0.6) is 5.88 Å². The van der Waals surface area contributed by atoms with E-state index in [1.807, 2.05) is 68.4 Å². The first-order valence-corrected chi connectivity index (χ1v) is 13.3. The topological polar surface area (TPSA) is 109 Å². The number of pyridine rings is 1. The van der Waals surface area contributed by atoms with Gasteiger partial charge in [-0.15, -0.1) is 0 Å². The molecule has 0 unspecified atom stereocenters. The van der Waals surface area contributed by atoms with E-state index in [1.54, 1.807) is 0 Å². The van der Waals surface area contributed by atoms with Crippen LogP contribution in [0.3, 0.4) is 0 Å². The van der Waals surface area contributed by atoms with Gasteiger partial charge in [-0.3, -0.25) is 10.2 Å². The summed E-state index contributed by atoms with van der Waals surface area (Å²) in [5.41, 5.74) is 13.0. The molecule has 6 nitrogen and oxygen atoms in total. The van der Waals surface area contributed by atoms with E-state index in [0.29, 0.717) is 22.7 Å². The van der Waals surface area contributed by atoms with Gasteiger partial charge in [0.15, 0.2) is 0 Å². The Morgan fingerprint density at radius 1 is 1.05 bits per heavy atom. The van der Waals surface area contributed by atoms with Gasteiger partial charge in [0, 0.05) is 34.2 Å². The monoisotopic (exact) mass is 509 g/mol. The Bertz CT molecular complexity index is 1450. The van der Waals surface area contributed by atoms with Crippen molar-refractivity contribution < 1.29 is 14.6 Å². The normalized spacial score (nSPS) is 16.5. The fourth-order valence-electron chi connectivity index (χ4n) is 5.27. The Balaban J connectivity index is 1.36. The zero-order valence-corrected chi connectivity index (χ0v) is 22.3. The summed E-state index contributed by atoms with van der Waals surface area (Å²) in [6.07, 6.45) is 4.77. The smallest absolute Gasteiger partial charge is 0.248 e. The Morgan fingerprint density at radius 2 is 1.79 bits per heavy atom. The summed E-state index contributed by atoms with van der Waals surface area (Å²) in [6.45, 7) is 6.15. The van der Waals surface area contributed by atoms with Gasteiger partial charge >= 0.3 is 0 Å². The molecule has 1 aromatic heterocycles. The van der Waals surface area contributed by atoms with Gasteiger partial charge in [-0.2, -0.15) is 0 Å². The van der Waals surface area contributed by atoms with Gasteiger partial charge in [-0.25, -0.2) is 4.98 Å². The van der Waals surface area contributed by atoms with Crippen molar-refractivity contribution in [3.05, 3.63) is 105 Å². The highest BCUT2D eigenvalue weighted by Crippen LogP contribution is 2.52. The quantitative estimate of drug-likeness (QED) is 0.228. The zero-order valence-electron chi connectivity index (χ0n) is 22.3. The number of hydrogen-bond acceptors (Lipinski definition) is 5. The first-order valence-electron chi connectivity index (χ1n) is 13.3. The standard InChI is InChI=1S/C32H35N3O3/c1-19-6-4-5-7-24(19)29(33)25(30(36)22-9-10-22)18-38-28-13-8-20(2)27(35-28)17-32(14-15-32)26-12-11-23(31(34)37)16-21(26)3/h4-8,11-13,16,22,33,36H,9-10,14-15,17-18H2,1-3H3,(H2,34,37)/b30-25-,33-29?. The van der Waals surface area contributed by atoms with Crippen molar-refractivity contribution in [1.82, 2.24) is 4.98 Å². The lowest BCUT2D eigenvalue weighted by Crippen LogP contribution is -2.18. The van der Waals surface area contributed by atoms with Crippen molar-refractivity contribution in [2.24, 2.45) is 11.7 Å². The number of amides is 1. The molecule has 2 aliphatic rings. The Morgan fingerprint density at radius 3 is 2.42 bits per heavy atom. The highest BCUT2D eigenvalue weighted by Gasteiger charge is 2.45. The summed E-state index contributed by atoms with van der Waals surface area (Å²) in [6, 6.07) is 17.3. The summed E-state index contributed by atoms with van der Waals surface area (Å²) in [5.74, 6) is 0.445. The van der Waals surface area contributed by atoms with Gasteiger partial charge < -0.3 is 15.6 Å². The van der Waals surface area contributed by atoms with Crippen molar-refractivity contribution in [3.63, 3.8) is 0 Å². The molecule has 0 bridgehead atoms. The maximum Gasteiger partial charge on any atom is 0.248 e. The van der Waals surface area contributed by atoms with E-state index >= 15 is 0 Å². The lowest BCUT2D eigenvalue weighted by Gasteiger charge is -2.20. The van der Waals surface area contributed by atoms with Crippen LogP contribution < -0.4 is 10.5 Å². The van der Waals surface area contributed by atoms with E-state index in [9.17, 15) is 9.90 Å². The minimum atomic E-state index is -0.413. The molecule has 2 saturated carbocycles. The van der Waals surface area contributed by atoms with Gasteiger partial charge in [-0.05, 0) is 87.3 Å². The molecule has 1 amide bonds. The Hall–Kier alpha value is -3.93. The average Bonchev–Trinajstić information content (AvgIpc) is 3.82. The highest BCUT2D eigenvalue weighted by molar-refractivity contribution is 6.12. The van der Waals surface area contributed by atoms with E-state index in [0.717, 1.165) is 60.1 Å². The molecule has 2 aromatic carbocycles. The molecule has 38 heavy (non-hydrogen) atoms. The van der Waals surface area contributed by atoms with Crippen LogP contribution in [0.1, 0.15) is 69.6 Å². The number of primary amides is 1. The number of allylic oxidation sites excluding steroid dienone is 1. The third kappa shape index (κ3) is 5.21. The van der Waals surface area contributed by atoms with Crippen LogP contribution in [-0.2, 0) is 11.8 Å². The second-order valence-electron chi connectivity index (χ2n) is 10.9. The second kappa shape index (κ2) is 10.1. The van der Waals surface area contributed by atoms with E-state index in [4.69, 9.17) is 20.9 Å². The summed E-state index contributed by atoms with van der Waals surface area (Å²) in [7, 11) is 0. The molecular weight excluding hydrogens is 474 g/mol. The lowest BCUT2D eigenvalue weighted by atomic mass is 9.86. The number of nitrogens with zero attached hydrogens (tertiary/aromatic N) is 1. The second-order valence-corrected chi connectivity index (χ2v) is 10.9. The molecule has 0 spiro atoms. The molecule has 0 saturated heterocycles. The van der Waals surface area contributed by atoms with Crippen molar-refractivity contribution >= 4 is 11.6 Å².